The van der Waals surface area contributed by atoms with Crippen LogP contribution in [-0.4, -0.2) is 11.3 Å². The van der Waals surface area contributed by atoms with Crippen LogP contribution in [0.15, 0.2) is 18.2 Å². The van der Waals surface area contributed by atoms with Gasteiger partial charge in [0.15, 0.2) is 0 Å². The molecule has 0 aromatic heterocycles. The van der Waals surface area contributed by atoms with Gasteiger partial charge in [-0.05, 0) is 25.1 Å². The fourth-order valence-electron chi connectivity index (χ4n) is 1.09. The largest absolute Gasteiger partial charge is 0.418 e. The van der Waals surface area contributed by atoms with E-state index in [0.717, 1.165) is 12.1 Å². The van der Waals surface area contributed by atoms with E-state index in [-0.39, 0.29) is 10.7 Å². The summed E-state index contributed by atoms with van der Waals surface area (Å²) in [6.07, 6.45) is -4.59. The van der Waals surface area contributed by atoms with Gasteiger partial charge in [-0.1, -0.05) is 11.6 Å². The molecule has 7 heteroatoms. The molecule has 0 aliphatic rings. The zero-order chi connectivity index (χ0) is 13.2. The Morgan fingerprint density at radius 3 is 2.47 bits per heavy atom. The van der Waals surface area contributed by atoms with Gasteiger partial charge in [-0.3, -0.25) is 4.79 Å². The van der Waals surface area contributed by atoms with Crippen molar-refractivity contribution in [1.29, 1.82) is 0 Å². The zero-order valence-electron chi connectivity index (χ0n) is 8.61. The molecule has 17 heavy (non-hydrogen) atoms. The predicted octanol–water partition coefficient (Wildman–Crippen LogP) is 3.92. The van der Waals surface area contributed by atoms with E-state index in [1.54, 1.807) is 0 Å². The summed E-state index contributed by atoms with van der Waals surface area (Å²) in [7, 11) is 0. The van der Waals surface area contributed by atoms with Gasteiger partial charge in [0.05, 0.1) is 11.3 Å². The van der Waals surface area contributed by atoms with Gasteiger partial charge in [0.1, 0.15) is 5.38 Å². The minimum Gasteiger partial charge on any atom is -0.324 e. The highest BCUT2D eigenvalue weighted by Crippen LogP contribution is 2.36. The van der Waals surface area contributed by atoms with E-state index in [4.69, 9.17) is 23.2 Å². The molecule has 0 fully saturated rings. The standard InChI is InChI=1S/C10H8Cl2F3NO/c1-5(11)9(17)16-8-3-2-6(12)4-7(8)10(13,14)15/h2-5H,1H3,(H,16,17). The number of rotatable bonds is 2. The lowest BCUT2D eigenvalue weighted by atomic mass is 10.1. The number of halogens is 5. The number of carbonyl (C=O) groups excluding carboxylic acids is 1. The summed E-state index contributed by atoms with van der Waals surface area (Å²) in [5, 5.41) is 1.11. The van der Waals surface area contributed by atoms with Crippen molar-refractivity contribution in [3.05, 3.63) is 28.8 Å². The van der Waals surface area contributed by atoms with E-state index >= 15 is 0 Å². The number of nitrogens with one attached hydrogen (secondary N) is 1. The van der Waals surface area contributed by atoms with Gasteiger partial charge in [0.25, 0.3) is 0 Å². The summed E-state index contributed by atoms with van der Waals surface area (Å²) in [6.45, 7) is 1.36. The van der Waals surface area contributed by atoms with Crippen molar-refractivity contribution in [3.8, 4) is 0 Å². The third kappa shape index (κ3) is 3.78. The monoisotopic (exact) mass is 285 g/mol. The molecular formula is C10H8Cl2F3NO. The first-order valence-corrected chi connectivity index (χ1v) is 5.35. The number of benzene rings is 1. The normalized spacial score (nSPS) is 13.3. The molecule has 0 bridgehead atoms. The Balaban J connectivity index is 3.12. The summed E-state index contributed by atoms with van der Waals surface area (Å²) in [5.74, 6) is -0.709. The molecule has 94 valence electrons. The van der Waals surface area contributed by atoms with Crippen molar-refractivity contribution in [1.82, 2.24) is 0 Å². The molecule has 0 aliphatic heterocycles. The molecule has 0 saturated carbocycles. The summed E-state index contributed by atoms with van der Waals surface area (Å²) in [4.78, 5) is 11.2. The summed E-state index contributed by atoms with van der Waals surface area (Å²) >= 11 is 10.9. The highest BCUT2D eigenvalue weighted by molar-refractivity contribution is 6.32. The van der Waals surface area contributed by atoms with Gasteiger partial charge >= 0.3 is 6.18 Å². The molecule has 0 radical (unpaired) electrons. The number of anilines is 1. The van der Waals surface area contributed by atoms with Crippen molar-refractivity contribution < 1.29 is 18.0 Å². The lowest BCUT2D eigenvalue weighted by molar-refractivity contribution is -0.137. The molecule has 1 atom stereocenters. The van der Waals surface area contributed by atoms with E-state index in [9.17, 15) is 18.0 Å². The Kier molecular flexibility index (Phi) is 4.27. The molecule has 1 amide bonds. The van der Waals surface area contributed by atoms with Crippen molar-refractivity contribution in [2.45, 2.75) is 18.5 Å². The maximum Gasteiger partial charge on any atom is 0.418 e. The van der Waals surface area contributed by atoms with Crippen LogP contribution in [0.3, 0.4) is 0 Å². The number of hydrogen-bond acceptors (Lipinski definition) is 1. The molecule has 0 saturated heterocycles. The second-order valence-corrected chi connectivity index (χ2v) is 4.38. The minimum absolute atomic E-state index is 0.0609. The third-order valence-corrected chi connectivity index (χ3v) is 2.34. The molecule has 1 rings (SSSR count). The Labute approximate surface area is 106 Å². The topological polar surface area (TPSA) is 29.1 Å². The first kappa shape index (κ1) is 14.1. The number of amides is 1. The summed E-state index contributed by atoms with van der Waals surface area (Å²) in [5.41, 5.74) is -1.37. The molecule has 2 nitrogen and oxygen atoms in total. The van der Waals surface area contributed by atoms with Gasteiger partial charge in [-0.15, -0.1) is 11.6 Å². The van der Waals surface area contributed by atoms with Gasteiger partial charge in [-0.25, -0.2) is 0 Å². The van der Waals surface area contributed by atoms with Gasteiger partial charge < -0.3 is 5.32 Å². The minimum atomic E-state index is -4.59. The quantitative estimate of drug-likeness (QED) is 0.820. The number of carbonyl (C=O) groups is 1. The first-order chi connectivity index (χ1) is 7.71. The van der Waals surface area contributed by atoms with Crippen molar-refractivity contribution in [2.24, 2.45) is 0 Å². The van der Waals surface area contributed by atoms with E-state index in [2.05, 4.69) is 5.32 Å². The molecule has 0 aliphatic carbocycles. The molecule has 1 aromatic carbocycles. The van der Waals surface area contributed by atoms with Crippen molar-refractivity contribution >= 4 is 34.8 Å². The van der Waals surface area contributed by atoms with Crippen LogP contribution in [0.5, 0.6) is 0 Å². The Morgan fingerprint density at radius 2 is 2.00 bits per heavy atom. The van der Waals surface area contributed by atoms with Crippen LogP contribution in [0.4, 0.5) is 18.9 Å². The Hall–Kier alpha value is -0.940. The van der Waals surface area contributed by atoms with Crippen molar-refractivity contribution in [3.63, 3.8) is 0 Å². The average molecular weight is 286 g/mol. The van der Waals surface area contributed by atoms with E-state index < -0.39 is 23.0 Å². The fourth-order valence-corrected chi connectivity index (χ4v) is 1.32. The summed E-state index contributed by atoms with van der Waals surface area (Å²) in [6, 6.07) is 3.09. The van der Waals surface area contributed by atoms with Gasteiger partial charge in [0.2, 0.25) is 5.91 Å². The maximum absolute atomic E-state index is 12.6. The maximum atomic E-state index is 12.6. The Morgan fingerprint density at radius 1 is 1.41 bits per heavy atom. The van der Waals surface area contributed by atoms with Crippen LogP contribution >= 0.6 is 23.2 Å². The third-order valence-electron chi connectivity index (χ3n) is 1.91. The molecule has 1 N–H and O–H groups in total. The Bertz CT molecular complexity index is 432. The van der Waals surface area contributed by atoms with Crippen molar-refractivity contribution in [2.75, 3.05) is 5.32 Å². The zero-order valence-corrected chi connectivity index (χ0v) is 10.1. The van der Waals surface area contributed by atoms with E-state index in [0.29, 0.717) is 0 Å². The molecule has 1 unspecified atom stereocenters. The van der Waals surface area contributed by atoms with Gasteiger partial charge in [0, 0.05) is 5.02 Å². The van der Waals surface area contributed by atoms with Crippen LogP contribution in [0, 0.1) is 0 Å². The molecule has 0 spiro atoms. The molecule has 0 heterocycles. The highest BCUT2D eigenvalue weighted by Gasteiger charge is 2.34. The lowest BCUT2D eigenvalue weighted by Crippen LogP contribution is -2.22. The average Bonchev–Trinajstić information content (AvgIpc) is 2.18. The molecular weight excluding hydrogens is 278 g/mol. The number of alkyl halides is 4. The highest BCUT2D eigenvalue weighted by atomic mass is 35.5. The molecule has 1 aromatic rings. The van der Waals surface area contributed by atoms with Gasteiger partial charge in [-0.2, -0.15) is 13.2 Å². The van der Waals surface area contributed by atoms with Crippen LogP contribution in [0.2, 0.25) is 5.02 Å². The smallest absolute Gasteiger partial charge is 0.324 e. The summed E-state index contributed by atoms with van der Waals surface area (Å²) < 4.78 is 37.9. The van der Waals surface area contributed by atoms with Crippen LogP contribution in [-0.2, 0) is 11.0 Å². The van der Waals surface area contributed by atoms with Crippen LogP contribution in [0.1, 0.15) is 12.5 Å². The van der Waals surface area contributed by atoms with Crippen LogP contribution in [0.25, 0.3) is 0 Å². The predicted molar refractivity (Wildman–Crippen MR) is 60.4 cm³/mol. The van der Waals surface area contributed by atoms with E-state index in [1.165, 1.54) is 13.0 Å². The lowest BCUT2D eigenvalue weighted by Gasteiger charge is -2.14. The number of hydrogen-bond donors (Lipinski definition) is 1. The second-order valence-electron chi connectivity index (χ2n) is 3.29. The van der Waals surface area contributed by atoms with Crippen LogP contribution < -0.4 is 5.32 Å². The SMILES string of the molecule is CC(Cl)C(=O)Nc1ccc(Cl)cc1C(F)(F)F. The second kappa shape index (κ2) is 5.14. The van der Waals surface area contributed by atoms with E-state index in [1.807, 2.05) is 0 Å². The fraction of sp³-hybridized carbons (Fsp3) is 0.300. The first-order valence-electron chi connectivity index (χ1n) is 4.53.